The van der Waals surface area contributed by atoms with Gasteiger partial charge in [-0.05, 0) is 20.8 Å². The van der Waals surface area contributed by atoms with Crippen LogP contribution in [0.4, 0.5) is 0 Å². The third kappa shape index (κ3) is 3.03. The molecule has 0 amide bonds. The Morgan fingerprint density at radius 2 is 2.21 bits per heavy atom. The second-order valence-corrected chi connectivity index (χ2v) is 4.29. The van der Waals surface area contributed by atoms with Crippen molar-refractivity contribution in [1.29, 1.82) is 0 Å². The van der Waals surface area contributed by atoms with Gasteiger partial charge in [-0.1, -0.05) is 11.6 Å². The Labute approximate surface area is 87.8 Å². The second kappa shape index (κ2) is 4.00. The Morgan fingerprint density at radius 1 is 1.57 bits per heavy atom. The molecule has 1 aromatic rings. The van der Waals surface area contributed by atoms with Crippen molar-refractivity contribution in [2.24, 2.45) is 0 Å². The molecule has 4 nitrogen and oxygen atoms in total. The number of hydrogen-bond acceptors (Lipinski definition) is 3. The molecule has 0 fully saturated rings. The smallest absolute Gasteiger partial charge is 0.345 e. The monoisotopic (exact) mass is 216 g/mol. The molecule has 0 aromatic carbocycles. The van der Waals surface area contributed by atoms with Crippen molar-refractivity contribution in [3.63, 3.8) is 0 Å². The molecule has 1 aromatic heterocycles. The highest BCUT2D eigenvalue weighted by Gasteiger charge is 2.24. The molecule has 0 saturated heterocycles. The Bertz CT molecular complexity index is 303. The van der Waals surface area contributed by atoms with E-state index in [0.717, 1.165) is 0 Å². The van der Waals surface area contributed by atoms with Crippen LogP contribution in [-0.4, -0.2) is 21.1 Å². The number of carbonyl (C=O) groups excluding carboxylic acids is 1. The van der Waals surface area contributed by atoms with Gasteiger partial charge in [0.25, 0.3) is 0 Å². The molecular weight excluding hydrogens is 204 g/mol. The minimum atomic E-state index is -0.850. The highest BCUT2D eigenvalue weighted by molar-refractivity contribution is 6.27. The van der Waals surface area contributed by atoms with Crippen molar-refractivity contribution in [3.05, 3.63) is 18.7 Å². The van der Waals surface area contributed by atoms with Crippen LogP contribution in [-0.2, 0) is 9.53 Å². The number of esters is 1. The van der Waals surface area contributed by atoms with Gasteiger partial charge in [-0.3, -0.25) is 0 Å². The Morgan fingerprint density at radius 3 is 2.64 bits per heavy atom. The molecule has 0 spiro atoms. The average molecular weight is 217 g/mol. The van der Waals surface area contributed by atoms with Crippen molar-refractivity contribution < 1.29 is 9.53 Å². The fourth-order valence-electron chi connectivity index (χ4n) is 0.876. The van der Waals surface area contributed by atoms with Crippen LogP contribution in [0.15, 0.2) is 18.7 Å². The summed E-state index contributed by atoms with van der Waals surface area (Å²) in [7, 11) is 0. The first kappa shape index (κ1) is 11.0. The second-order valence-electron chi connectivity index (χ2n) is 3.88. The molecule has 0 N–H and O–H groups in total. The first-order valence-corrected chi connectivity index (χ1v) is 4.68. The number of ether oxygens (including phenoxy) is 1. The normalized spacial score (nSPS) is 13.7. The van der Waals surface area contributed by atoms with Gasteiger partial charge < -0.3 is 9.30 Å². The number of alkyl halides is 1. The van der Waals surface area contributed by atoms with Crippen molar-refractivity contribution in [3.8, 4) is 0 Å². The Hall–Kier alpha value is -1.03. The molecule has 0 bridgehead atoms. The summed E-state index contributed by atoms with van der Waals surface area (Å²) in [5.41, 5.74) is -1.37. The minimum absolute atomic E-state index is 0.475. The molecule has 5 heteroatoms. The van der Waals surface area contributed by atoms with Gasteiger partial charge in [0.2, 0.25) is 5.50 Å². The molecule has 1 atom stereocenters. The molecule has 1 heterocycles. The van der Waals surface area contributed by atoms with E-state index in [9.17, 15) is 4.79 Å². The van der Waals surface area contributed by atoms with Gasteiger partial charge in [-0.2, -0.15) is 0 Å². The molecule has 1 unspecified atom stereocenters. The predicted octanol–water partition coefficient (Wildman–Crippen LogP) is 1.96. The highest BCUT2D eigenvalue weighted by Crippen LogP contribution is 2.17. The molecule has 0 radical (unpaired) electrons. The summed E-state index contributed by atoms with van der Waals surface area (Å²) in [6, 6.07) is 0. The zero-order chi connectivity index (χ0) is 10.8. The van der Waals surface area contributed by atoms with Crippen LogP contribution in [0.2, 0.25) is 0 Å². The van der Waals surface area contributed by atoms with Crippen molar-refractivity contribution >= 4 is 17.6 Å². The van der Waals surface area contributed by atoms with Gasteiger partial charge in [0.05, 0.1) is 6.33 Å². The van der Waals surface area contributed by atoms with Crippen LogP contribution < -0.4 is 0 Å². The van der Waals surface area contributed by atoms with Gasteiger partial charge in [0, 0.05) is 12.4 Å². The molecule has 1 rings (SSSR count). The summed E-state index contributed by atoms with van der Waals surface area (Å²) in [5.74, 6) is -0.475. The van der Waals surface area contributed by atoms with Gasteiger partial charge in [-0.25, -0.2) is 9.78 Å². The summed E-state index contributed by atoms with van der Waals surface area (Å²) in [6.07, 6.45) is 4.64. The lowest BCUT2D eigenvalue weighted by atomic mass is 10.2. The first-order chi connectivity index (χ1) is 6.40. The van der Waals surface area contributed by atoms with E-state index in [2.05, 4.69) is 4.98 Å². The fraction of sp³-hybridized carbons (Fsp3) is 0.556. The lowest BCUT2D eigenvalue weighted by molar-refractivity contribution is -0.156. The van der Waals surface area contributed by atoms with E-state index >= 15 is 0 Å². The third-order valence-corrected chi connectivity index (χ3v) is 1.79. The lowest BCUT2D eigenvalue weighted by Crippen LogP contribution is -2.27. The van der Waals surface area contributed by atoms with E-state index in [1.165, 1.54) is 10.9 Å². The van der Waals surface area contributed by atoms with Gasteiger partial charge in [0.15, 0.2) is 0 Å². The number of imidazole rings is 1. The molecule has 0 aliphatic carbocycles. The zero-order valence-electron chi connectivity index (χ0n) is 8.40. The number of rotatable bonds is 2. The van der Waals surface area contributed by atoms with Gasteiger partial charge >= 0.3 is 5.97 Å². The first-order valence-electron chi connectivity index (χ1n) is 4.24. The Balaban J connectivity index is 2.63. The predicted molar refractivity (Wildman–Crippen MR) is 53.0 cm³/mol. The maximum absolute atomic E-state index is 11.5. The molecular formula is C9H13ClN2O2. The standard InChI is InChI=1S/C9H13ClN2O2/c1-9(2,3)14-8(13)7(10)12-5-4-11-6-12/h4-7H,1-3H3. The fourth-order valence-corrected chi connectivity index (χ4v) is 1.04. The van der Waals surface area contributed by atoms with E-state index in [4.69, 9.17) is 16.3 Å². The molecule has 0 aliphatic heterocycles. The van der Waals surface area contributed by atoms with Crippen LogP contribution in [0, 0.1) is 0 Å². The van der Waals surface area contributed by atoms with Crippen LogP contribution in [0.3, 0.4) is 0 Å². The Kier molecular flexibility index (Phi) is 3.16. The summed E-state index contributed by atoms with van der Waals surface area (Å²) in [6.45, 7) is 5.38. The summed E-state index contributed by atoms with van der Waals surface area (Å²) in [5, 5.41) is 0. The summed E-state index contributed by atoms with van der Waals surface area (Å²) < 4.78 is 6.59. The van der Waals surface area contributed by atoms with Crippen LogP contribution in [0.1, 0.15) is 26.3 Å². The summed E-state index contributed by atoms with van der Waals surface area (Å²) in [4.78, 5) is 15.2. The van der Waals surface area contributed by atoms with E-state index < -0.39 is 17.1 Å². The topological polar surface area (TPSA) is 44.1 Å². The number of halogens is 1. The third-order valence-electron chi connectivity index (χ3n) is 1.39. The van der Waals surface area contributed by atoms with Gasteiger partial charge in [-0.15, -0.1) is 0 Å². The van der Waals surface area contributed by atoms with E-state index in [1.54, 1.807) is 33.2 Å². The minimum Gasteiger partial charge on any atom is -0.457 e. The van der Waals surface area contributed by atoms with Gasteiger partial charge in [0.1, 0.15) is 5.60 Å². The van der Waals surface area contributed by atoms with Crippen LogP contribution in [0.5, 0.6) is 0 Å². The largest absolute Gasteiger partial charge is 0.457 e. The number of aromatic nitrogens is 2. The number of carbonyl (C=O) groups is 1. The quantitative estimate of drug-likeness (QED) is 0.561. The van der Waals surface area contributed by atoms with E-state index in [-0.39, 0.29) is 0 Å². The van der Waals surface area contributed by atoms with Crippen molar-refractivity contribution in [2.45, 2.75) is 31.9 Å². The zero-order valence-corrected chi connectivity index (χ0v) is 9.15. The van der Waals surface area contributed by atoms with Crippen LogP contribution >= 0.6 is 11.6 Å². The van der Waals surface area contributed by atoms with E-state index in [1.807, 2.05) is 0 Å². The average Bonchev–Trinajstić information content (AvgIpc) is 2.51. The SMILES string of the molecule is CC(C)(C)OC(=O)C(Cl)n1ccnc1. The maximum atomic E-state index is 11.5. The summed E-state index contributed by atoms with van der Waals surface area (Å²) >= 11 is 5.85. The van der Waals surface area contributed by atoms with Crippen molar-refractivity contribution in [2.75, 3.05) is 0 Å². The number of nitrogens with zero attached hydrogens (tertiary/aromatic N) is 2. The highest BCUT2D eigenvalue weighted by atomic mass is 35.5. The molecule has 78 valence electrons. The van der Waals surface area contributed by atoms with Crippen LogP contribution in [0.25, 0.3) is 0 Å². The van der Waals surface area contributed by atoms with E-state index in [0.29, 0.717) is 0 Å². The lowest BCUT2D eigenvalue weighted by Gasteiger charge is -2.21. The molecule has 0 saturated carbocycles. The number of hydrogen-bond donors (Lipinski definition) is 0. The maximum Gasteiger partial charge on any atom is 0.345 e. The van der Waals surface area contributed by atoms with Crippen molar-refractivity contribution in [1.82, 2.24) is 9.55 Å². The molecule has 0 aliphatic rings. The molecule has 14 heavy (non-hydrogen) atoms.